The Morgan fingerprint density at radius 2 is 2.00 bits per heavy atom. The first kappa shape index (κ1) is 14.1. The number of rotatable bonds is 2. The number of methoxy groups -OCH3 is 1. The largest absolute Gasteiger partial charge is 0.495 e. The van der Waals surface area contributed by atoms with Gasteiger partial charge in [0.25, 0.3) is 5.91 Å². The van der Waals surface area contributed by atoms with Crippen molar-refractivity contribution in [1.29, 1.82) is 5.41 Å². The number of ether oxygens (including phenoxy) is 1. The fourth-order valence-electron chi connectivity index (χ4n) is 1.45. The fourth-order valence-corrected chi connectivity index (χ4v) is 4.41. The Balaban J connectivity index is 2.39. The SMILES string of the molecule is COc1c(I)cc(C=C2SC(=N)NC2=O)cc1I. The number of carbonyl (C=O) groups excluding carboxylic acids is 1. The van der Waals surface area contributed by atoms with Crippen LogP contribution in [0, 0.1) is 12.5 Å². The maximum absolute atomic E-state index is 11.5. The number of halogens is 2. The van der Waals surface area contributed by atoms with E-state index in [4.69, 9.17) is 10.1 Å². The van der Waals surface area contributed by atoms with E-state index in [-0.39, 0.29) is 11.1 Å². The summed E-state index contributed by atoms with van der Waals surface area (Å²) >= 11 is 5.54. The van der Waals surface area contributed by atoms with Gasteiger partial charge < -0.3 is 10.1 Å². The fraction of sp³-hybridized carbons (Fsp3) is 0.0909. The molecule has 1 aliphatic rings. The highest BCUT2D eigenvalue weighted by Gasteiger charge is 2.22. The van der Waals surface area contributed by atoms with E-state index >= 15 is 0 Å². The van der Waals surface area contributed by atoms with Crippen LogP contribution in [0.15, 0.2) is 17.0 Å². The molecule has 0 unspecified atom stereocenters. The summed E-state index contributed by atoms with van der Waals surface area (Å²) in [5, 5.41) is 10.0. The number of benzene rings is 1. The van der Waals surface area contributed by atoms with Crippen molar-refractivity contribution in [3.63, 3.8) is 0 Å². The number of carbonyl (C=O) groups is 1. The van der Waals surface area contributed by atoms with Gasteiger partial charge in [-0.2, -0.15) is 0 Å². The summed E-state index contributed by atoms with van der Waals surface area (Å²) < 4.78 is 7.27. The molecule has 0 radical (unpaired) electrons. The van der Waals surface area contributed by atoms with Gasteiger partial charge in [0, 0.05) is 0 Å². The zero-order chi connectivity index (χ0) is 13.3. The second-order valence-corrected chi connectivity index (χ2v) is 6.79. The van der Waals surface area contributed by atoms with E-state index in [1.807, 2.05) is 12.1 Å². The Kier molecular flexibility index (Phi) is 4.54. The van der Waals surface area contributed by atoms with Gasteiger partial charge in [0.2, 0.25) is 0 Å². The smallest absolute Gasteiger partial charge is 0.264 e. The molecular formula is C11H8I2N2O2S. The van der Waals surface area contributed by atoms with Gasteiger partial charge in [0.05, 0.1) is 19.2 Å². The molecule has 0 saturated carbocycles. The molecule has 18 heavy (non-hydrogen) atoms. The second-order valence-electron chi connectivity index (χ2n) is 3.41. The molecule has 4 nitrogen and oxygen atoms in total. The standard InChI is InChI=1S/C11H8I2N2O2S/c1-17-9-6(12)2-5(3-7(9)13)4-8-10(16)15-11(14)18-8/h2-4H,1H3,(H2,14,15,16). The van der Waals surface area contributed by atoms with Crippen LogP contribution in [0.5, 0.6) is 5.75 Å². The van der Waals surface area contributed by atoms with E-state index in [2.05, 4.69) is 50.5 Å². The van der Waals surface area contributed by atoms with Gasteiger partial charge in [-0.3, -0.25) is 10.2 Å². The maximum Gasteiger partial charge on any atom is 0.264 e. The minimum absolute atomic E-state index is 0.171. The number of amidine groups is 1. The number of amides is 1. The minimum atomic E-state index is -0.217. The maximum atomic E-state index is 11.5. The molecule has 0 atom stereocenters. The Labute approximate surface area is 136 Å². The molecule has 1 aliphatic heterocycles. The lowest BCUT2D eigenvalue weighted by Crippen LogP contribution is -2.18. The molecule has 1 heterocycles. The average Bonchev–Trinajstić information content (AvgIpc) is 2.57. The highest BCUT2D eigenvalue weighted by Crippen LogP contribution is 2.31. The van der Waals surface area contributed by atoms with Crippen LogP contribution in [0.3, 0.4) is 0 Å². The van der Waals surface area contributed by atoms with Crippen molar-refractivity contribution < 1.29 is 9.53 Å². The Morgan fingerprint density at radius 1 is 1.39 bits per heavy atom. The summed E-state index contributed by atoms with van der Waals surface area (Å²) in [4.78, 5) is 12.1. The molecular weight excluding hydrogens is 478 g/mol. The van der Waals surface area contributed by atoms with Gasteiger partial charge in [0.15, 0.2) is 5.17 Å². The average molecular weight is 486 g/mol. The lowest BCUT2D eigenvalue weighted by molar-refractivity contribution is -0.115. The van der Waals surface area contributed by atoms with Gasteiger partial charge in [0.1, 0.15) is 5.75 Å². The predicted octanol–water partition coefficient (Wildman–Crippen LogP) is 3.04. The topological polar surface area (TPSA) is 62.2 Å². The first-order chi connectivity index (χ1) is 8.51. The monoisotopic (exact) mass is 486 g/mol. The quantitative estimate of drug-likeness (QED) is 0.500. The van der Waals surface area contributed by atoms with Crippen molar-refractivity contribution in [2.45, 2.75) is 0 Å². The molecule has 1 fully saturated rings. The molecule has 7 heteroatoms. The molecule has 0 aromatic heterocycles. The minimum Gasteiger partial charge on any atom is -0.495 e. The second kappa shape index (κ2) is 5.78. The van der Waals surface area contributed by atoms with Crippen LogP contribution in [-0.2, 0) is 4.79 Å². The van der Waals surface area contributed by atoms with Crippen molar-refractivity contribution >= 4 is 74.1 Å². The Bertz CT molecular complexity index is 549. The van der Waals surface area contributed by atoms with Crippen LogP contribution in [0.1, 0.15) is 5.56 Å². The van der Waals surface area contributed by atoms with Gasteiger partial charge in [-0.05, 0) is 80.7 Å². The zero-order valence-electron chi connectivity index (χ0n) is 9.21. The van der Waals surface area contributed by atoms with Gasteiger partial charge in [-0.1, -0.05) is 0 Å². The first-order valence-corrected chi connectivity index (χ1v) is 7.81. The normalized spacial score (nSPS) is 17.2. The van der Waals surface area contributed by atoms with Crippen molar-refractivity contribution in [1.82, 2.24) is 5.32 Å². The van der Waals surface area contributed by atoms with Crippen LogP contribution in [0.4, 0.5) is 0 Å². The predicted molar refractivity (Wildman–Crippen MR) is 89.9 cm³/mol. The van der Waals surface area contributed by atoms with E-state index in [9.17, 15) is 4.79 Å². The lowest BCUT2D eigenvalue weighted by atomic mass is 10.2. The first-order valence-electron chi connectivity index (χ1n) is 4.83. The molecule has 1 amide bonds. The molecule has 2 N–H and O–H groups in total. The van der Waals surface area contributed by atoms with Crippen LogP contribution < -0.4 is 10.1 Å². The summed E-state index contributed by atoms with van der Waals surface area (Å²) in [5.74, 6) is 0.625. The number of nitrogens with one attached hydrogen (secondary N) is 2. The summed E-state index contributed by atoms with van der Waals surface area (Å²) in [6.45, 7) is 0. The number of hydrogen-bond donors (Lipinski definition) is 2. The van der Waals surface area contributed by atoms with E-state index < -0.39 is 0 Å². The molecule has 1 saturated heterocycles. The molecule has 94 valence electrons. The zero-order valence-corrected chi connectivity index (χ0v) is 14.3. The van der Waals surface area contributed by atoms with Crippen LogP contribution in [0.25, 0.3) is 6.08 Å². The Morgan fingerprint density at radius 3 is 2.44 bits per heavy atom. The van der Waals surface area contributed by atoms with E-state index in [0.29, 0.717) is 4.91 Å². The van der Waals surface area contributed by atoms with Crippen molar-refractivity contribution in [3.05, 3.63) is 29.7 Å². The molecule has 2 rings (SSSR count). The molecule has 0 bridgehead atoms. The third-order valence-electron chi connectivity index (χ3n) is 2.19. The lowest BCUT2D eigenvalue weighted by Gasteiger charge is -2.07. The van der Waals surface area contributed by atoms with Crippen LogP contribution in [0.2, 0.25) is 0 Å². The van der Waals surface area contributed by atoms with Crippen molar-refractivity contribution in [2.75, 3.05) is 7.11 Å². The van der Waals surface area contributed by atoms with E-state index in [1.165, 1.54) is 0 Å². The highest BCUT2D eigenvalue weighted by atomic mass is 127. The molecule has 0 spiro atoms. The molecule has 1 aromatic rings. The van der Waals surface area contributed by atoms with E-state index in [0.717, 1.165) is 30.2 Å². The molecule has 1 aromatic carbocycles. The van der Waals surface area contributed by atoms with Gasteiger partial charge in [-0.15, -0.1) is 0 Å². The number of thioether (sulfide) groups is 1. The highest BCUT2D eigenvalue weighted by molar-refractivity contribution is 14.1. The third-order valence-corrected chi connectivity index (χ3v) is 4.62. The summed E-state index contributed by atoms with van der Waals surface area (Å²) in [6, 6.07) is 3.90. The van der Waals surface area contributed by atoms with E-state index in [1.54, 1.807) is 13.2 Å². The summed E-state index contributed by atoms with van der Waals surface area (Å²) in [6.07, 6.45) is 1.78. The summed E-state index contributed by atoms with van der Waals surface area (Å²) in [7, 11) is 1.64. The van der Waals surface area contributed by atoms with Crippen molar-refractivity contribution in [3.8, 4) is 5.75 Å². The number of hydrogen-bond acceptors (Lipinski definition) is 4. The van der Waals surface area contributed by atoms with Gasteiger partial charge in [-0.25, -0.2) is 0 Å². The third kappa shape index (κ3) is 2.99. The van der Waals surface area contributed by atoms with Gasteiger partial charge >= 0.3 is 0 Å². The van der Waals surface area contributed by atoms with Crippen molar-refractivity contribution in [2.24, 2.45) is 0 Å². The Hall–Kier alpha value is -0.290. The van der Waals surface area contributed by atoms with Crippen LogP contribution >= 0.6 is 56.9 Å². The van der Waals surface area contributed by atoms with Crippen LogP contribution in [-0.4, -0.2) is 18.2 Å². The summed E-state index contributed by atoms with van der Waals surface area (Å²) in [5.41, 5.74) is 0.928. The molecule has 0 aliphatic carbocycles.